The second kappa shape index (κ2) is 8.82. The third kappa shape index (κ3) is 4.00. The highest BCUT2D eigenvalue weighted by Gasteiger charge is 2.47. The van der Waals surface area contributed by atoms with E-state index in [1.165, 1.54) is 4.90 Å². The van der Waals surface area contributed by atoms with Gasteiger partial charge in [0.25, 0.3) is 11.7 Å². The summed E-state index contributed by atoms with van der Waals surface area (Å²) in [5.74, 6) is -0.909. The Morgan fingerprint density at radius 3 is 2.39 bits per heavy atom. The Bertz CT molecular complexity index is 1360. The third-order valence-corrected chi connectivity index (χ3v) is 6.81. The number of Topliss-reactive ketones (excluding diaryl/α,β-unsaturated/α-hetero) is 1. The highest BCUT2D eigenvalue weighted by molar-refractivity contribution is 6.51. The lowest BCUT2D eigenvalue weighted by Gasteiger charge is -2.28. The number of fused-ring (bicyclic) bond motifs is 1. The normalized spacial score (nSPS) is 19.3. The number of ether oxygens (including phenoxy) is 1. The van der Waals surface area contributed by atoms with E-state index >= 15 is 0 Å². The second-order valence-electron chi connectivity index (χ2n) is 10.2. The van der Waals surface area contributed by atoms with Gasteiger partial charge in [-0.3, -0.25) is 19.5 Å². The molecule has 1 atom stereocenters. The van der Waals surface area contributed by atoms with Crippen molar-refractivity contribution in [1.29, 1.82) is 0 Å². The maximum atomic E-state index is 13.4. The minimum absolute atomic E-state index is 0.0467. The van der Waals surface area contributed by atoms with Gasteiger partial charge >= 0.3 is 0 Å². The Labute approximate surface area is 210 Å². The lowest BCUT2D eigenvalue weighted by Crippen LogP contribution is -2.29. The predicted octanol–water partition coefficient (Wildman–Crippen LogP) is 4.83. The SMILES string of the molecule is CN1CCOc2ccc(/C(O)=C3/C(=O)C(=O)N(c4ccc(C(C)(C)C)cc4)C3c3ccncc3)cc21. The highest BCUT2D eigenvalue weighted by Crippen LogP contribution is 2.43. The van der Waals surface area contributed by atoms with Crippen LogP contribution in [0, 0.1) is 0 Å². The van der Waals surface area contributed by atoms with E-state index in [0.717, 1.165) is 11.3 Å². The summed E-state index contributed by atoms with van der Waals surface area (Å²) in [6, 6.07) is 15.7. The van der Waals surface area contributed by atoms with Crippen LogP contribution in [0.15, 0.2) is 72.6 Å². The molecule has 2 aromatic carbocycles. The first-order chi connectivity index (χ1) is 17.2. The van der Waals surface area contributed by atoms with Crippen molar-refractivity contribution >= 4 is 28.8 Å². The molecule has 1 unspecified atom stereocenters. The molecular formula is C29H29N3O4. The molecule has 1 amide bonds. The number of nitrogens with zero attached hydrogens (tertiary/aromatic N) is 3. The molecule has 7 nitrogen and oxygen atoms in total. The van der Waals surface area contributed by atoms with Crippen molar-refractivity contribution in [2.75, 3.05) is 30.0 Å². The average molecular weight is 484 g/mol. The first kappa shape index (κ1) is 23.6. The van der Waals surface area contributed by atoms with Crippen LogP contribution >= 0.6 is 0 Å². The summed E-state index contributed by atoms with van der Waals surface area (Å²) in [5, 5.41) is 11.4. The average Bonchev–Trinajstić information content (AvgIpc) is 3.14. The Hall–Kier alpha value is -4.13. The first-order valence-corrected chi connectivity index (χ1v) is 12.0. The third-order valence-electron chi connectivity index (χ3n) is 6.81. The van der Waals surface area contributed by atoms with Crippen LogP contribution in [-0.2, 0) is 15.0 Å². The van der Waals surface area contributed by atoms with Crippen molar-refractivity contribution in [2.24, 2.45) is 0 Å². The van der Waals surface area contributed by atoms with E-state index in [1.54, 1.807) is 42.7 Å². The monoisotopic (exact) mass is 483 g/mol. The maximum Gasteiger partial charge on any atom is 0.300 e. The van der Waals surface area contributed by atoms with Gasteiger partial charge in [-0.2, -0.15) is 0 Å². The molecule has 0 radical (unpaired) electrons. The van der Waals surface area contributed by atoms with Gasteiger partial charge in [0.05, 0.1) is 23.8 Å². The Morgan fingerprint density at radius 2 is 1.72 bits per heavy atom. The summed E-state index contributed by atoms with van der Waals surface area (Å²) in [7, 11) is 1.95. The number of carbonyl (C=O) groups excluding carboxylic acids is 2. The number of rotatable bonds is 3. The van der Waals surface area contributed by atoms with Gasteiger partial charge in [0.2, 0.25) is 0 Å². The number of hydrogen-bond acceptors (Lipinski definition) is 6. The number of aromatic nitrogens is 1. The lowest BCUT2D eigenvalue weighted by molar-refractivity contribution is -0.132. The van der Waals surface area contributed by atoms with Crippen LogP contribution in [0.5, 0.6) is 5.75 Å². The minimum atomic E-state index is -0.793. The van der Waals surface area contributed by atoms with Gasteiger partial charge in [0, 0.05) is 30.7 Å². The van der Waals surface area contributed by atoms with E-state index in [4.69, 9.17) is 4.74 Å². The van der Waals surface area contributed by atoms with Gasteiger partial charge in [-0.1, -0.05) is 32.9 Å². The van der Waals surface area contributed by atoms with Gasteiger partial charge in [-0.15, -0.1) is 0 Å². The molecule has 1 N–H and O–H groups in total. The smallest absolute Gasteiger partial charge is 0.300 e. The van der Waals surface area contributed by atoms with Crippen LogP contribution < -0.4 is 14.5 Å². The fourth-order valence-electron chi connectivity index (χ4n) is 4.74. The summed E-state index contributed by atoms with van der Waals surface area (Å²) >= 11 is 0. The van der Waals surface area contributed by atoms with E-state index in [2.05, 4.69) is 25.8 Å². The van der Waals surface area contributed by atoms with Crippen LogP contribution in [0.4, 0.5) is 11.4 Å². The molecule has 36 heavy (non-hydrogen) atoms. The molecule has 0 bridgehead atoms. The number of hydrogen-bond donors (Lipinski definition) is 1. The molecule has 7 heteroatoms. The van der Waals surface area contributed by atoms with Crippen molar-refractivity contribution in [2.45, 2.75) is 32.2 Å². The molecule has 2 aliphatic heterocycles. The molecule has 0 saturated carbocycles. The van der Waals surface area contributed by atoms with Gasteiger partial charge < -0.3 is 14.7 Å². The molecule has 2 aliphatic rings. The first-order valence-electron chi connectivity index (χ1n) is 12.0. The second-order valence-corrected chi connectivity index (χ2v) is 10.2. The van der Waals surface area contributed by atoms with Crippen LogP contribution in [-0.4, -0.2) is 42.0 Å². The number of amides is 1. The van der Waals surface area contributed by atoms with Gasteiger partial charge in [-0.05, 0) is 59.0 Å². The fourth-order valence-corrected chi connectivity index (χ4v) is 4.74. The Kier molecular flexibility index (Phi) is 5.79. The zero-order valence-electron chi connectivity index (χ0n) is 20.9. The van der Waals surface area contributed by atoms with Crippen molar-refractivity contribution in [3.05, 3.63) is 89.3 Å². The summed E-state index contributed by atoms with van der Waals surface area (Å²) in [6.45, 7) is 7.64. The van der Waals surface area contributed by atoms with Crippen LogP contribution in [0.2, 0.25) is 0 Å². The molecule has 0 spiro atoms. The number of likely N-dealkylation sites (N-methyl/N-ethyl adjacent to an activating group) is 1. The molecule has 184 valence electrons. The van der Waals surface area contributed by atoms with Crippen LogP contribution in [0.3, 0.4) is 0 Å². The van der Waals surface area contributed by atoms with Crippen LogP contribution in [0.25, 0.3) is 5.76 Å². The molecule has 1 aromatic heterocycles. The standard InChI is InChI=1S/C29H29N3O4/c1-29(2,3)20-6-8-21(9-7-20)32-25(18-11-13-30-14-12-18)24(27(34)28(32)35)26(33)19-5-10-23-22(17-19)31(4)15-16-36-23/h5-14,17,25,33H,15-16H2,1-4H3/b26-24-. The number of pyridine rings is 1. The molecule has 1 fully saturated rings. The zero-order chi connectivity index (χ0) is 25.6. The summed E-state index contributed by atoms with van der Waals surface area (Å²) in [6.07, 6.45) is 3.23. The number of carbonyl (C=O) groups is 2. The molecular weight excluding hydrogens is 454 g/mol. The fraction of sp³-hybridized carbons (Fsp3) is 0.276. The van der Waals surface area contributed by atoms with Crippen molar-refractivity contribution < 1.29 is 19.4 Å². The number of aliphatic hydroxyl groups is 1. The summed E-state index contributed by atoms with van der Waals surface area (Å²) in [4.78, 5) is 34.4. The minimum Gasteiger partial charge on any atom is -0.507 e. The topological polar surface area (TPSA) is 83.0 Å². The quantitative estimate of drug-likeness (QED) is 0.326. The maximum absolute atomic E-state index is 13.4. The van der Waals surface area contributed by atoms with E-state index < -0.39 is 17.7 Å². The van der Waals surface area contributed by atoms with Crippen LogP contribution in [0.1, 0.15) is 43.5 Å². The van der Waals surface area contributed by atoms with E-state index in [0.29, 0.717) is 35.7 Å². The van der Waals surface area contributed by atoms with E-state index in [-0.39, 0.29) is 16.7 Å². The molecule has 1 saturated heterocycles. The Balaban J connectivity index is 1.65. The summed E-state index contributed by atoms with van der Waals surface area (Å²) in [5.41, 5.74) is 3.65. The van der Waals surface area contributed by atoms with Gasteiger partial charge in [0.1, 0.15) is 18.1 Å². The van der Waals surface area contributed by atoms with E-state index in [1.807, 2.05) is 36.2 Å². The Morgan fingerprint density at radius 1 is 1.03 bits per heavy atom. The van der Waals surface area contributed by atoms with Gasteiger partial charge in [0.15, 0.2) is 0 Å². The van der Waals surface area contributed by atoms with Crippen molar-refractivity contribution in [1.82, 2.24) is 4.98 Å². The van der Waals surface area contributed by atoms with Crippen molar-refractivity contribution in [3.8, 4) is 5.75 Å². The largest absolute Gasteiger partial charge is 0.507 e. The number of aliphatic hydroxyl groups excluding tert-OH is 1. The zero-order valence-corrected chi connectivity index (χ0v) is 20.9. The van der Waals surface area contributed by atoms with E-state index in [9.17, 15) is 14.7 Å². The molecule has 3 heterocycles. The molecule has 0 aliphatic carbocycles. The highest BCUT2D eigenvalue weighted by atomic mass is 16.5. The molecule has 5 rings (SSSR count). The summed E-state index contributed by atoms with van der Waals surface area (Å²) < 4.78 is 5.72. The van der Waals surface area contributed by atoms with Gasteiger partial charge in [-0.25, -0.2) is 0 Å². The number of benzene rings is 2. The lowest BCUT2D eigenvalue weighted by atomic mass is 9.87. The predicted molar refractivity (Wildman–Crippen MR) is 139 cm³/mol. The number of ketones is 1. The number of anilines is 2. The molecule has 3 aromatic rings. The van der Waals surface area contributed by atoms with Crippen molar-refractivity contribution in [3.63, 3.8) is 0 Å².